The van der Waals surface area contributed by atoms with Crippen LogP contribution in [0.1, 0.15) is 48.9 Å². The van der Waals surface area contributed by atoms with E-state index < -0.39 is 0 Å². The van der Waals surface area contributed by atoms with Crippen molar-refractivity contribution in [2.75, 3.05) is 7.11 Å². The number of hydrogen-bond acceptors (Lipinski definition) is 3. The summed E-state index contributed by atoms with van der Waals surface area (Å²) in [5, 5.41) is 4.46. The Kier molecular flexibility index (Phi) is 4.31. The maximum atomic E-state index is 13.7. The Labute approximate surface area is 183 Å². The van der Waals surface area contributed by atoms with Gasteiger partial charge < -0.3 is 10.1 Å². The molecule has 0 saturated heterocycles. The number of pyridine rings is 1. The molecule has 0 atom stereocenters. The van der Waals surface area contributed by atoms with Gasteiger partial charge in [-0.2, -0.15) is 0 Å². The topological polar surface area (TPSA) is 51.2 Å². The van der Waals surface area contributed by atoms with Gasteiger partial charge in [0.1, 0.15) is 5.75 Å². The lowest BCUT2D eigenvalue weighted by atomic mass is 9.53. The minimum absolute atomic E-state index is 0.00349. The van der Waals surface area contributed by atoms with Crippen LogP contribution in [-0.2, 0) is 0 Å². The third-order valence-corrected chi connectivity index (χ3v) is 7.76. The number of nitrogens with one attached hydrogen (secondary N) is 1. The van der Waals surface area contributed by atoms with Gasteiger partial charge in [-0.3, -0.25) is 4.79 Å². The molecule has 1 aromatic heterocycles. The number of fused-ring (bicyclic) bond motifs is 1. The molecule has 4 nitrogen and oxygen atoms in total. The van der Waals surface area contributed by atoms with Gasteiger partial charge in [0.2, 0.25) is 0 Å². The van der Waals surface area contributed by atoms with Crippen molar-refractivity contribution in [3.63, 3.8) is 0 Å². The number of nitrogens with zero attached hydrogens (tertiary/aromatic N) is 1. The Bertz CT molecular complexity index is 1120. The fourth-order valence-electron chi connectivity index (χ4n) is 6.84. The molecule has 0 unspecified atom stereocenters. The maximum Gasteiger partial charge on any atom is 0.252 e. The van der Waals surface area contributed by atoms with Gasteiger partial charge in [0.25, 0.3) is 5.91 Å². The first-order valence-electron chi connectivity index (χ1n) is 11.5. The van der Waals surface area contributed by atoms with Gasteiger partial charge in [0, 0.05) is 16.5 Å². The molecule has 2 aromatic carbocycles. The Hall–Kier alpha value is -2.88. The largest absolute Gasteiger partial charge is 0.497 e. The second-order valence-corrected chi connectivity index (χ2v) is 9.95. The summed E-state index contributed by atoms with van der Waals surface area (Å²) in [6.07, 6.45) is 7.57. The molecule has 1 amide bonds. The average molecular weight is 413 g/mol. The SMILES string of the molecule is COc1ccc(-c2cc(C(=O)NC34CC5CC(CC(C5)C3)C4)c3ccccc3n2)cc1. The molecule has 158 valence electrons. The number of benzene rings is 2. The number of aromatic nitrogens is 1. The molecule has 3 aromatic rings. The maximum absolute atomic E-state index is 13.7. The van der Waals surface area contributed by atoms with Crippen molar-refractivity contribution < 1.29 is 9.53 Å². The van der Waals surface area contributed by atoms with Crippen LogP contribution < -0.4 is 10.1 Å². The zero-order valence-electron chi connectivity index (χ0n) is 17.9. The molecule has 0 spiro atoms. The van der Waals surface area contributed by atoms with E-state index in [-0.39, 0.29) is 11.4 Å². The first-order valence-corrected chi connectivity index (χ1v) is 11.5. The number of carbonyl (C=O) groups excluding carboxylic acids is 1. The summed E-state index contributed by atoms with van der Waals surface area (Å²) in [7, 11) is 1.66. The van der Waals surface area contributed by atoms with Gasteiger partial charge in [-0.15, -0.1) is 0 Å². The van der Waals surface area contributed by atoms with Crippen LogP contribution in [0.25, 0.3) is 22.2 Å². The summed E-state index contributed by atoms with van der Waals surface area (Å²) in [4.78, 5) is 18.5. The molecular weight excluding hydrogens is 384 g/mol. The van der Waals surface area contributed by atoms with Gasteiger partial charge in [-0.25, -0.2) is 4.98 Å². The molecule has 0 aliphatic heterocycles. The monoisotopic (exact) mass is 412 g/mol. The van der Waals surface area contributed by atoms with Crippen molar-refractivity contribution in [1.29, 1.82) is 0 Å². The fraction of sp³-hybridized carbons (Fsp3) is 0.407. The zero-order valence-corrected chi connectivity index (χ0v) is 17.9. The lowest BCUT2D eigenvalue weighted by Crippen LogP contribution is -2.59. The number of para-hydroxylation sites is 1. The second-order valence-electron chi connectivity index (χ2n) is 9.95. The van der Waals surface area contributed by atoms with E-state index >= 15 is 0 Å². The summed E-state index contributed by atoms with van der Waals surface area (Å²) < 4.78 is 5.29. The first kappa shape index (κ1) is 18.9. The van der Waals surface area contributed by atoms with E-state index in [4.69, 9.17) is 9.72 Å². The van der Waals surface area contributed by atoms with E-state index in [1.807, 2.05) is 54.6 Å². The predicted octanol–water partition coefficient (Wildman–Crippen LogP) is 5.61. The standard InChI is InChI=1S/C27H28N2O2/c1-31-21-8-6-20(7-9-21)25-13-23(22-4-2-3-5-24(22)28-25)26(30)29-27-14-17-10-18(15-27)12-19(11-17)16-27/h2-9,13,17-19H,10-12,14-16H2,1H3,(H,29,30). The molecule has 4 heteroatoms. The van der Waals surface area contributed by atoms with Gasteiger partial charge in [-0.1, -0.05) is 18.2 Å². The molecule has 0 radical (unpaired) electrons. The van der Waals surface area contributed by atoms with Crippen LogP contribution in [0.4, 0.5) is 0 Å². The van der Waals surface area contributed by atoms with E-state index in [0.29, 0.717) is 0 Å². The third kappa shape index (κ3) is 3.29. The number of amides is 1. The van der Waals surface area contributed by atoms with E-state index in [0.717, 1.165) is 70.5 Å². The van der Waals surface area contributed by atoms with Crippen LogP contribution in [0.3, 0.4) is 0 Å². The van der Waals surface area contributed by atoms with E-state index in [2.05, 4.69) is 5.32 Å². The number of carbonyl (C=O) groups is 1. The summed E-state index contributed by atoms with van der Waals surface area (Å²) in [5.74, 6) is 3.27. The van der Waals surface area contributed by atoms with Crippen LogP contribution >= 0.6 is 0 Å². The normalized spacial score (nSPS) is 28.6. The van der Waals surface area contributed by atoms with Crippen LogP contribution in [0.5, 0.6) is 5.75 Å². The van der Waals surface area contributed by atoms with Gasteiger partial charge in [0.05, 0.1) is 23.9 Å². The highest BCUT2D eigenvalue weighted by atomic mass is 16.5. The minimum Gasteiger partial charge on any atom is -0.497 e. The molecule has 7 rings (SSSR count). The summed E-state index contributed by atoms with van der Waals surface area (Å²) >= 11 is 0. The van der Waals surface area contributed by atoms with Crippen molar-refractivity contribution in [3.05, 3.63) is 60.2 Å². The molecule has 4 saturated carbocycles. The lowest BCUT2D eigenvalue weighted by molar-refractivity contribution is -0.0166. The second kappa shape index (κ2) is 7.08. The Morgan fingerprint density at radius 3 is 2.26 bits per heavy atom. The number of hydrogen-bond donors (Lipinski definition) is 1. The molecule has 31 heavy (non-hydrogen) atoms. The van der Waals surface area contributed by atoms with Crippen LogP contribution in [0.2, 0.25) is 0 Å². The number of methoxy groups -OCH3 is 1. The van der Waals surface area contributed by atoms with Crippen LogP contribution in [0.15, 0.2) is 54.6 Å². The lowest BCUT2D eigenvalue weighted by Gasteiger charge is -2.56. The highest BCUT2D eigenvalue weighted by molar-refractivity contribution is 6.07. The van der Waals surface area contributed by atoms with E-state index in [9.17, 15) is 4.79 Å². The van der Waals surface area contributed by atoms with Gasteiger partial charge in [0.15, 0.2) is 0 Å². The average Bonchev–Trinajstić information content (AvgIpc) is 2.77. The summed E-state index contributed by atoms with van der Waals surface area (Å²) in [6.45, 7) is 0. The third-order valence-electron chi connectivity index (χ3n) is 7.76. The Balaban J connectivity index is 1.38. The van der Waals surface area contributed by atoms with Crippen molar-refractivity contribution in [2.24, 2.45) is 17.8 Å². The van der Waals surface area contributed by atoms with Crippen molar-refractivity contribution in [1.82, 2.24) is 10.3 Å². The minimum atomic E-state index is -0.00349. The van der Waals surface area contributed by atoms with Gasteiger partial charge in [-0.05, 0) is 92.7 Å². The fourth-order valence-corrected chi connectivity index (χ4v) is 6.84. The van der Waals surface area contributed by atoms with Crippen LogP contribution in [0, 0.1) is 17.8 Å². The molecule has 1 heterocycles. The Morgan fingerprint density at radius 2 is 1.61 bits per heavy atom. The first-order chi connectivity index (χ1) is 15.1. The quantitative estimate of drug-likeness (QED) is 0.606. The van der Waals surface area contributed by atoms with E-state index in [1.165, 1.54) is 19.3 Å². The number of ether oxygens (including phenoxy) is 1. The van der Waals surface area contributed by atoms with Gasteiger partial charge >= 0.3 is 0 Å². The van der Waals surface area contributed by atoms with Crippen LogP contribution in [-0.4, -0.2) is 23.5 Å². The van der Waals surface area contributed by atoms with Crippen molar-refractivity contribution in [3.8, 4) is 17.0 Å². The Morgan fingerprint density at radius 1 is 0.968 bits per heavy atom. The molecular formula is C27H28N2O2. The molecule has 4 aliphatic rings. The highest BCUT2D eigenvalue weighted by Crippen LogP contribution is 2.55. The van der Waals surface area contributed by atoms with Crippen molar-refractivity contribution in [2.45, 2.75) is 44.1 Å². The number of rotatable bonds is 4. The summed E-state index contributed by atoms with van der Waals surface area (Å²) in [6, 6.07) is 17.8. The van der Waals surface area contributed by atoms with E-state index in [1.54, 1.807) is 7.11 Å². The summed E-state index contributed by atoms with van der Waals surface area (Å²) in [5.41, 5.74) is 3.38. The smallest absolute Gasteiger partial charge is 0.252 e. The molecule has 4 aliphatic carbocycles. The molecule has 4 fully saturated rings. The predicted molar refractivity (Wildman–Crippen MR) is 122 cm³/mol. The van der Waals surface area contributed by atoms with Crippen molar-refractivity contribution >= 4 is 16.8 Å². The zero-order chi connectivity index (χ0) is 21.0. The molecule has 1 N–H and O–H groups in total. The highest BCUT2D eigenvalue weighted by Gasteiger charge is 2.51. The molecule has 4 bridgehead atoms.